The van der Waals surface area contributed by atoms with Crippen LogP contribution in [0, 0.1) is 0 Å². The number of carbonyl (C=O) groups excluding carboxylic acids is 2. The summed E-state index contributed by atoms with van der Waals surface area (Å²) < 4.78 is 8.86. The smallest absolute Gasteiger partial charge is 0.407 e. The number of hydrogen-bond donors (Lipinski definition) is 1. The fourth-order valence-corrected chi connectivity index (χ4v) is 0.881. The minimum absolute atomic E-state index is 0.452. The van der Waals surface area contributed by atoms with Crippen molar-refractivity contribution in [3.8, 4) is 0 Å². The number of carbonyl (C=O) groups is 2. The zero-order valence-electron chi connectivity index (χ0n) is 8.12. The summed E-state index contributed by atoms with van der Waals surface area (Å²) >= 11 is 0. The first-order valence-corrected chi connectivity index (χ1v) is 4.08. The zero-order chi connectivity index (χ0) is 10.3. The van der Waals surface area contributed by atoms with Crippen LogP contribution in [0.3, 0.4) is 0 Å². The lowest BCUT2D eigenvalue weighted by atomic mass is 10.2. The molecule has 1 atom stereocenters. The molecule has 1 unspecified atom stereocenters. The van der Waals surface area contributed by atoms with Crippen LogP contribution in [0.1, 0.15) is 19.8 Å². The molecule has 0 saturated heterocycles. The average Bonchev–Trinajstić information content (AvgIpc) is 2.15. The van der Waals surface area contributed by atoms with E-state index in [9.17, 15) is 9.59 Å². The van der Waals surface area contributed by atoms with E-state index in [0.717, 1.165) is 6.42 Å². The summed E-state index contributed by atoms with van der Waals surface area (Å²) in [6, 6.07) is -0.609. The molecule has 0 rings (SSSR count). The molecule has 0 radical (unpaired) electrons. The summed E-state index contributed by atoms with van der Waals surface area (Å²) in [5.41, 5.74) is 0. The Balaban J connectivity index is 4.08. The third kappa shape index (κ3) is 4.35. The Labute approximate surface area is 77.4 Å². The van der Waals surface area contributed by atoms with Gasteiger partial charge in [0.15, 0.2) is 0 Å². The summed E-state index contributed by atoms with van der Waals surface area (Å²) in [7, 11) is 2.53. The van der Waals surface area contributed by atoms with Crippen molar-refractivity contribution in [2.24, 2.45) is 0 Å². The lowest BCUT2D eigenvalue weighted by Crippen LogP contribution is -2.41. The number of nitrogens with one attached hydrogen (secondary N) is 1. The molecular formula is C8H15NO4. The molecule has 0 aliphatic rings. The summed E-state index contributed by atoms with van der Waals surface area (Å²) in [5.74, 6) is -0.452. The number of ether oxygens (including phenoxy) is 2. The quantitative estimate of drug-likeness (QED) is 0.660. The lowest BCUT2D eigenvalue weighted by Gasteiger charge is -2.14. The van der Waals surface area contributed by atoms with E-state index >= 15 is 0 Å². The first-order chi connectivity index (χ1) is 6.15. The van der Waals surface area contributed by atoms with Gasteiger partial charge in [0.05, 0.1) is 14.2 Å². The maximum atomic E-state index is 11.1. The van der Waals surface area contributed by atoms with Crippen molar-refractivity contribution >= 4 is 12.1 Å². The van der Waals surface area contributed by atoms with Crippen LogP contribution in [0.2, 0.25) is 0 Å². The lowest BCUT2D eigenvalue weighted by molar-refractivity contribution is -0.143. The highest BCUT2D eigenvalue weighted by molar-refractivity contribution is 5.81. The van der Waals surface area contributed by atoms with Gasteiger partial charge in [0.25, 0.3) is 0 Å². The molecule has 0 spiro atoms. The van der Waals surface area contributed by atoms with Crippen molar-refractivity contribution in [3.05, 3.63) is 0 Å². The second-order valence-corrected chi connectivity index (χ2v) is 2.50. The molecule has 0 fully saturated rings. The minimum Gasteiger partial charge on any atom is -0.467 e. The van der Waals surface area contributed by atoms with E-state index in [1.807, 2.05) is 6.92 Å². The van der Waals surface area contributed by atoms with Crippen LogP contribution >= 0.6 is 0 Å². The maximum absolute atomic E-state index is 11.1. The number of rotatable bonds is 4. The van der Waals surface area contributed by atoms with E-state index in [4.69, 9.17) is 0 Å². The van der Waals surface area contributed by atoms with Gasteiger partial charge >= 0.3 is 12.1 Å². The van der Waals surface area contributed by atoms with Gasteiger partial charge in [-0.2, -0.15) is 0 Å². The van der Waals surface area contributed by atoms with Crippen molar-refractivity contribution in [1.29, 1.82) is 0 Å². The Hall–Kier alpha value is -1.26. The molecule has 0 aliphatic carbocycles. The number of hydrogen-bond acceptors (Lipinski definition) is 4. The molecule has 0 aromatic rings. The molecule has 1 N–H and O–H groups in total. The molecule has 0 heterocycles. The van der Waals surface area contributed by atoms with Gasteiger partial charge in [0.2, 0.25) is 0 Å². The minimum atomic E-state index is -0.621. The van der Waals surface area contributed by atoms with Gasteiger partial charge in [0.1, 0.15) is 6.04 Å². The van der Waals surface area contributed by atoms with Crippen molar-refractivity contribution in [2.45, 2.75) is 25.8 Å². The van der Waals surface area contributed by atoms with Gasteiger partial charge in [-0.05, 0) is 6.42 Å². The fraction of sp³-hybridized carbons (Fsp3) is 0.750. The Kier molecular flexibility index (Phi) is 5.67. The zero-order valence-corrected chi connectivity index (χ0v) is 8.12. The Morgan fingerprint density at radius 3 is 2.31 bits per heavy atom. The van der Waals surface area contributed by atoms with Crippen LogP contribution in [-0.2, 0) is 14.3 Å². The molecule has 5 nitrogen and oxygen atoms in total. The van der Waals surface area contributed by atoms with Crippen molar-refractivity contribution in [3.63, 3.8) is 0 Å². The number of alkyl carbamates (subject to hydrolysis) is 1. The molecule has 0 aliphatic heterocycles. The number of methoxy groups -OCH3 is 2. The van der Waals surface area contributed by atoms with E-state index in [2.05, 4.69) is 14.8 Å². The maximum Gasteiger partial charge on any atom is 0.407 e. The average molecular weight is 189 g/mol. The molecule has 0 aromatic carbocycles. The Morgan fingerprint density at radius 1 is 1.31 bits per heavy atom. The highest BCUT2D eigenvalue weighted by Gasteiger charge is 2.20. The summed E-state index contributed by atoms with van der Waals surface area (Å²) in [4.78, 5) is 21.8. The molecule has 0 bridgehead atoms. The molecule has 0 saturated carbocycles. The van der Waals surface area contributed by atoms with E-state index in [1.54, 1.807) is 0 Å². The second kappa shape index (κ2) is 6.28. The molecule has 5 heteroatoms. The van der Waals surface area contributed by atoms with Gasteiger partial charge in [-0.25, -0.2) is 9.59 Å². The molecule has 1 amide bonds. The van der Waals surface area contributed by atoms with Gasteiger partial charge in [-0.15, -0.1) is 0 Å². The van der Waals surface area contributed by atoms with Gasteiger partial charge in [-0.1, -0.05) is 13.3 Å². The summed E-state index contributed by atoms with van der Waals surface area (Å²) in [5, 5.41) is 2.38. The molecule has 13 heavy (non-hydrogen) atoms. The highest BCUT2D eigenvalue weighted by Crippen LogP contribution is 1.99. The Morgan fingerprint density at radius 2 is 1.92 bits per heavy atom. The van der Waals surface area contributed by atoms with Crippen LogP contribution in [0.15, 0.2) is 0 Å². The third-order valence-electron chi connectivity index (χ3n) is 1.54. The molecule has 76 valence electrons. The van der Waals surface area contributed by atoms with Gasteiger partial charge in [0, 0.05) is 0 Å². The van der Waals surface area contributed by atoms with Gasteiger partial charge in [-0.3, -0.25) is 0 Å². The monoisotopic (exact) mass is 189 g/mol. The van der Waals surface area contributed by atoms with Crippen molar-refractivity contribution < 1.29 is 19.1 Å². The largest absolute Gasteiger partial charge is 0.467 e. The summed E-state index contributed by atoms with van der Waals surface area (Å²) in [6.07, 6.45) is 0.703. The topological polar surface area (TPSA) is 64.6 Å². The van der Waals surface area contributed by atoms with Crippen molar-refractivity contribution in [2.75, 3.05) is 14.2 Å². The predicted octanol–water partition coefficient (Wildman–Crippen LogP) is 0.684. The highest BCUT2D eigenvalue weighted by atomic mass is 16.5. The van der Waals surface area contributed by atoms with E-state index in [1.165, 1.54) is 14.2 Å². The standard InChI is InChI=1S/C8H15NO4/c1-4-5-6(7(10)12-2)9-8(11)13-3/h6H,4-5H2,1-3H3,(H,9,11). The first kappa shape index (κ1) is 11.7. The summed E-state index contributed by atoms with van der Waals surface area (Å²) in [6.45, 7) is 1.91. The Bertz CT molecular complexity index is 181. The molecule has 0 aromatic heterocycles. The normalized spacial score (nSPS) is 11.6. The number of amides is 1. The van der Waals surface area contributed by atoms with E-state index in [-0.39, 0.29) is 0 Å². The third-order valence-corrected chi connectivity index (χ3v) is 1.54. The first-order valence-electron chi connectivity index (χ1n) is 4.08. The van der Waals surface area contributed by atoms with E-state index < -0.39 is 18.1 Å². The molecular weight excluding hydrogens is 174 g/mol. The predicted molar refractivity (Wildman–Crippen MR) is 46.3 cm³/mol. The van der Waals surface area contributed by atoms with Crippen LogP contribution in [-0.4, -0.2) is 32.3 Å². The SMILES string of the molecule is CCCC(NC(=O)OC)C(=O)OC. The van der Waals surface area contributed by atoms with Crippen LogP contribution < -0.4 is 5.32 Å². The van der Waals surface area contributed by atoms with Crippen LogP contribution in [0.5, 0.6) is 0 Å². The van der Waals surface area contributed by atoms with E-state index in [0.29, 0.717) is 6.42 Å². The second-order valence-electron chi connectivity index (χ2n) is 2.50. The van der Waals surface area contributed by atoms with Gasteiger partial charge < -0.3 is 14.8 Å². The van der Waals surface area contributed by atoms with Crippen LogP contribution in [0.25, 0.3) is 0 Å². The van der Waals surface area contributed by atoms with Crippen LogP contribution in [0.4, 0.5) is 4.79 Å². The van der Waals surface area contributed by atoms with Crippen molar-refractivity contribution in [1.82, 2.24) is 5.32 Å². The number of esters is 1. The fourth-order valence-electron chi connectivity index (χ4n) is 0.881.